The predicted molar refractivity (Wildman–Crippen MR) is 154 cm³/mol. The molecule has 11 nitrogen and oxygen atoms in total. The second-order valence-electron chi connectivity index (χ2n) is 11.8. The van der Waals surface area contributed by atoms with Crippen LogP contribution in [0.2, 0.25) is 0 Å². The van der Waals surface area contributed by atoms with Crippen LogP contribution in [0.5, 0.6) is 0 Å². The first-order valence-corrected chi connectivity index (χ1v) is 15.0. The van der Waals surface area contributed by atoms with Crippen molar-refractivity contribution in [1.29, 1.82) is 0 Å². The predicted octanol–water partition coefficient (Wildman–Crippen LogP) is 2.71. The van der Waals surface area contributed by atoms with E-state index in [4.69, 9.17) is 4.42 Å². The van der Waals surface area contributed by atoms with Crippen LogP contribution < -0.4 is 20.7 Å². The fraction of sp³-hybridized carbons (Fsp3) is 0.517. The van der Waals surface area contributed by atoms with Gasteiger partial charge in [0.05, 0.1) is 23.6 Å². The summed E-state index contributed by atoms with van der Waals surface area (Å²) in [4.78, 5) is 51.8. The molecule has 1 aromatic heterocycles. The number of carbonyl (C=O) groups excluding carboxylic acids is 4. The number of hydrogen-bond donors (Lipinski definition) is 4. The molecule has 0 aliphatic heterocycles. The first kappa shape index (κ1) is 33.7. The number of Topliss-reactive ketones (excluding diaryl/α,β-unsaturated/α-hetero) is 1. The van der Waals surface area contributed by atoms with Crippen molar-refractivity contribution in [1.82, 2.24) is 20.7 Å². The Morgan fingerprint density at radius 2 is 1.54 bits per heavy atom. The first-order chi connectivity index (χ1) is 19.0. The van der Waals surface area contributed by atoms with Gasteiger partial charge in [0, 0.05) is 6.54 Å². The van der Waals surface area contributed by atoms with Crippen molar-refractivity contribution in [2.24, 2.45) is 11.3 Å². The normalized spacial score (nSPS) is 14.1. The minimum atomic E-state index is -4.18. The molecule has 4 N–H and O–H groups in total. The van der Waals surface area contributed by atoms with E-state index in [1.165, 1.54) is 31.4 Å². The van der Waals surface area contributed by atoms with Crippen molar-refractivity contribution < 1.29 is 32.0 Å². The first-order valence-electron chi connectivity index (χ1n) is 13.5. The Bertz CT molecular complexity index is 1300. The number of amides is 3. The Morgan fingerprint density at radius 3 is 2.07 bits per heavy atom. The van der Waals surface area contributed by atoms with Crippen LogP contribution in [0.25, 0.3) is 0 Å². The summed E-state index contributed by atoms with van der Waals surface area (Å²) in [6.45, 7) is 13.1. The summed E-state index contributed by atoms with van der Waals surface area (Å²) in [5.41, 5.74) is 0.613. The third-order valence-corrected chi connectivity index (χ3v) is 7.49. The molecule has 2 rings (SSSR count). The van der Waals surface area contributed by atoms with Crippen molar-refractivity contribution in [3.8, 4) is 0 Å². The number of benzene rings is 1. The molecule has 41 heavy (non-hydrogen) atoms. The second-order valence-corrected chi connectivity index (χ2v) is 13.5. The molecule has 226 valence electrons. The van der Waals surface area contributed by atoms with E-state index in [0.717, 1.165) is 5.56 Å². The van der Waals surface area contributed by atoms with Crippen molar-refractivity contribution in [3.05, 3.63) is 54.0 Å². The van der Waals surface area contributed by atoms with Crippen molar-refractivity contribution >= 4 is 33.5 Å². The van der Waals surface area contributed by atoms with Gasteiger partial charge in [0.15, 0.2) is 5.76 Å². The molecule has 1 aromatic carbocycles. The molecular weight excluding hydrogens is 548 g/mol. The molecule has 12 heteroatoms. The summed E-state index contributed by atoms with van der Waals surface area (Å²) in [5.74, 6) is -2.30. The molecule has 0 aliphatic rings. The molecule has 0 bridgehead atoms. The minimum absolute atomic E-state index is 0.0660. The van der Waals surface area contributed by atoms with Gasteiger partial charge in [0.25, 0.3) is 0 Å². The number of sulfonamides is 1. The maximum absolute atomic E-state index is 13.3. The monoisotopic (exact) mass is 590 g/mol. The van der Waals surface area contributed by atoms with E-state index in [-0.39, 0.29) is 22.0 Å². The van der Waals surface area contributed by atoms with Gasteiger partial charge in [0.2, 0.25) is 33.5 Å². The molecule has 0 aliphatic carbocycles. The second kappa shape index (κ2) is 14.4. The number of carbonyl (C=O) groups is 4. The highest BCUT2D eigenvalue weighted by Crippen LogP contribution is 2.14. The number of nitrogens with one attached hydrogen (secondary N) is 4. The lowest BCUT2D eigenvalue weighted by Crippen LogP contribution is -2.55. The minimum Gasteiger partial charge on any atom is -0.461 e. The Labute approximate surface area is 242 Å². The number of hydrogen-bond acceptors (Lipinski definition) is 7. The summed E-state index contributed by atoms with van der Waals surface area (Å²) < 4.78 is 33.6. The number of rotatable bonds is 14. The Balaban J connectivity index is 2.20. The number of ketones is 1. The Morgan fingerprint density at radius 1 is 0.902 bits per heavy atom. The Hall–Kier alpha value is -3.51. The standard InChI is InChI=1S/C29H42N4O7S/c1-18(2)15-22(26(35)24-9-8-14-40-24)32-27(36)20(4)31-28(37)23(16-25(34)30-17-29(5,6)7)33-41(38,39)21-12-10-19(3)11-13-21/h8-14,18,20,22-23,33H,15-17H2,1-7H3,(H,30,34)(H,31,37)(H,32,36). The molecule has 0 saturated carbocycles. The van der Waals surface area contributed by atoms with Crippen molar-refractivity contribution in [2.45, 2.75) is 84.3 Å². The van der Waals surface area contributed by atoms with Gasteiger partial charge in [-0.3, -0.25) is 19.2 Å². The van der Waals surface area contributed by atoms with Crippen LogP contribution in [0.3, 0.4) is 0 Å². The molecule has 3 unspecified atom stereocenters. The van der Waals surface area contributed by atoms with Gasteiger partial charge in [-0.1, -0.05) is 52.3 Å². The largest absolute Gasteiger partial charge is 0.461 e. The molecule has 3 atom stereocenters. The number of furan rings is 1. The lowest BCUT2D eigenvalue weighted by molar-refractivity contribution is -0.131. The SMILES string of the molecule is Cc1ccc(S(=O)(=O)NC(CC(=O)NCC(C)(C)C)C(=O)NC(C)C(=O)NC(CC(C)C)C(=O)c2ccco2)cc1. The van der Waals surface area contributed by atoms with Crippen LogP contribution in [-0.4, -0.2) is 56.6 Å². The van der Waals surface area contributed by atoms with E-state index in [1.807, 2.05) is 34.6 Å². The lowest BCUT2D eigenvalue weighted by Gasteiger charge is -2.24. The van der Waals surface area contributed by atoms with Crippen molar-refractivity contribution in [2.75, 3.05) is 6.54 Å². The van der Waals surface area contributed by atoms with E-state index >= 15 is 0 Å². The van der Waals surface area contributed by atoms with Crippen LogP contribution in [0.15, 0.2) is 52.0 Å². The summed E-state index contributed by atoms with van der Waals surface area (Å²) in [7, 11) is -4.18. The van der Waals surface area contributed by atoms with Gasteiger partial charge < -0.3 is 20.4 Å². The lowest BCUT2D eigenvalue weighted by atomic mass is 9.97. The van der Waals surface area contributed by atoms with Gasteiger partial charge in [-0.25, -0.2) is 8.42 Å². The van der Waals surface area contributed by atoms with Gasteiger partial charge in [-0.2, -0.15) is 4.72 Å². The maximum Gasteiger partial charge on any atom is 0.242 e. The molecule has 0 saturated heterocycles. The molecule has 3 amide bonds. The van der Waals surface area contributed by atoms with Gasteiger partial charge in [-0.05, 0) is 55.9 Å². The van der Waals surface area contributed by atoms with Gasteiger partial charge in [-0.15, -0.1) is 0 Å². The zero-order valence-corrected chi connectivity index (χ0v) is 25.6. The van der Waals surface area contributed by atoms with Crippen molar-refractivity contribution in [3.63, 3.8) is 0 Å². The molecule has 0 fully saturated rings. The summed E-state index contributed by atoms with van der Waals surface area (Å²) >= 11 is 0. The fourth-order valence-electron chi connectivity index (χ4n) is 3.75. The van der Waals surface area contributed by atoms with E-state index < -0.39 is 58.1 Å². The van der Waals surface area contributed by atoms with E-state index in [0.29, 0.717) is 13.0 Å². The van der Waals surface area contributed by atoms with E-state index in [1.54, 1.807) is 25.1 Å². The van der Waals surface area contributed by atoms with Crippen LogP contribution in [0.4, 0.5) is 0 Å². The highest BCUT2D eigenvalue weighted by Gasteiger charge is 2.32. The molecule has 2 aromatic rings. The zero-order chi connectivity index (χ0) is 31.0. The highest BCUT2D eigenvalue weighted by atomic mass is 32.2. The molecule has 0 radical (unpaired) electrons. The van der Waals surface area contributed by atoms with Crippen LogP contribution in [0.1, 0.15) is 70.5 Å². The molecule has 0 spiro atoms. The highest BCUT2D eigenvalue weighted by molar-refractivity contribution is 7.89. The van der Waals surface area contributed by atoms with Crippen LogP contribution >= 0.6 is 0 Å². The third kappa shape index (κ3) is 11.1. The maximum atomic E-state index is 13.3. The van der Waals surface area contributed by atoms with Gasteiger partial charge in [0.1, 0.15) is 12.1 Å². The summed E-state index contributed by atoms with van der Waals surface area (Å²) in [5, 5.41) is 7.84. The zero-order valence-electron chi connectivity index (χ0n) is 24.7. The third-order valence-electron chi connectivity index (χ3n) is 6.01. The van der Waals surface area contributed by atoms with Crippen LogP contribution in [0, 0.1) is 18.3 Å². The van der Waals surface area contributed by atoms with Crippen LogP contribution in [-0.2, 0) is 24.4 Å². The van der Waals surface area contributed by atoms with Gasteiger partial charge >= 0.3 is 0 Å². The Kier molecular flexibility index (Phi) is 11.8. The van der Waals surface area contributed by atoms with E-state index in [9.17, 15) is 27.6 Å². The fourth-order valence-corrected chi connectivity index (χ4v) is 4.95. The average Bonchev–Trinajstić information content (AvgIpc) is 3.40. The topological polar surface area (TPSA) is 164 Å². The summed E-state index contributed by atoms with van der Waals surface area (Å²) in [6.07, 6.45) is 1.20. The average molecular weight is 591 g/mol. The summed E-state index contributed by atoms with van der Waals surface area (Å²) in [6, 6.07) is 5.54. The molecular formula is C29H42N4O7S. The molecule has 1 heterocycles. The number of aryl methyl sites for hydroxylation is 1. The van der Waals surface area contributed by atoms with E-state index in [2.05, 4.69) is 20.7 Å². The smallest absolute Gasteiger partial charge is 0.242 e. The quantitative estimate of drug-likeness (QED) is 0.246.